The number of methoxy groups -OCH3 is 2. The first-order chi connectivity index (χ1) is 58.8. The molecule has 4 fully saturated rings. The molecular formula is C82H100N5O35P. The highest BCUT2D eigenvalue weighted by atomic mass is 31.2. The van der Waals surface area contributed by atoms with Gasteiger partial charge in [0.25, 0.3) is 11.8 Å². The molecular weight excluding hydrogens is 1650 g/mol. The van der Waals surface area contributed by atoms with Crippen molar-refractivity contribution in [3.05, 3.63) is 153 Å². The Morgan fingerprint density at radius 1 is 0.553 bits per heavy atom. The van der Waals surface area contributed by atoms with E-state index < -0.39 is 142 Å². The van der Waals surface area contributed by atoms with Crippen molar-refractivity contribution in [2.45, 2.75) is 171 Å². The summed E-state index contributed by atoms with van der Waals surface area (Å²) >= 11 is 0. The highest BCUT2D eigenvalue weighted by Gasteiger charge is 2.51. The lowest BCUT2D eigenvalue weighted by Crippen LogP contribution is -2.61. The Kier molecular flexibility index (Phi) is 33.8. The number of aliphatic hydroxyl groups excluding tert-OH is 8. The third kappa shape index (κ3) is 23.9. The molecule has 6 aliphatic heterocycles. The molecule has 11 rings (SSSR count). The lowest BCUT2D eigenvalue weighted by atomic mass is 9.98. The van der Waals surface area contributed by atoms with Crippen molar-refractivity contribution in [2.75, 3.05) is 96.1 Å². The molecule has 41 heteroatoms. The number of fused-ring (bicyclic) bond motifs is 4. The van der Waals surface area contributed by atoms with Gasteiger partial charge in [-0.25, -0.2) is 30.1 Å². The largest absolute Gasteiger partial charge is 0.494 e. The van der Waals surface area contributed by atoms with Crippen LogP contribution < -0.4 is 44.1 Å². The molecule has 668 valence electrons. The molecule has 5 aromatic carbocycles. The van der Waals surface area contributed by atoms with Gasteiger partial charge in [-0.3, -0.25) is 23.7 Å². The fourth-order valence-electron chi connectivity index (χ4n) is 14.6. The van der Waals surface area contributed by atoms with Gasteiger partial charge in [-0.1, -0.05) is 36.4 Å². The third-order valence-electron chi connectivity index (χ3n) is 20.8. The third-order valence-corrected chi connectivity index (χ3v) is 21.7. The van der Waals surface area contributed by atoms with E-state index in [2.05, 4.69) is 18.0 Å². The van der Waals surface area contributed by atoms with Gasteiger partial charge in [0.1, 0.15) is 86.0 Å². The number of ketones is 2. The molecule has 5 aromatic rings. The summed E-state index contributed by atoms with van der Waals surface area (Å²) in [6.45, 7) is 8.96. The lowest BCUT2D eigenvalue weighted by Gasteiger charge is -2.38. The number of Topliss-reactive ketones (excluding diaryl/α,β-unsaturated/α-hetero) is 2. The maximum atomic E-state index is 14.9. The number of carbonyl (C=O) groups is 7. The van der Waals surface area contributed by atoms with E-state index in [1.54, 1.807) is 25.1 Å². The second kappa shape index (κ2) is 43.8. The molecule has 4 amide bonds. The Balaban J connectivity index is 0.00000520. The minimum absolute atomic E-state index is 0.0114. The van der Waals surface area contributed by atoms with Gasteiger partial charge >= 0.3 is 31.9 Å². The molecule has 0 radical (unpaired) electrons. The van der Waals surface area contributed by atoms with E-state index in [1.165, 1.54) is 84.7 Å². The Hall–Kier alpha value is -10.4. The monoisotopic (exact) mass is 1750 g/mol. The highest BCUT2D eigenvalue weighted by Crippen LogP contribution is 2.45. The van der Waals surface area contributed by atoms with Gasteiger partial charge < -0.3 is 132 Å². The maximum absolute atomic E-state index is 14.9. The molecule has 6 aliphatic rings. The number of anilines is 2. The lowest BCUT2D eigenvalue weighted by molar-refractivity contribution is -0.271. The molecule has 0 bridgehead atoms. The number of hydrogen-bond donors (Lipinski definition) is 12. The van der Waals surface area contributed by atoms with Crippen LogP contribution in [0.1, 0.15) is 127 Å². The first-order valence-electron chi connectivity index (χ1n) is 39.1. The maximum Gasteiger partial charge on any atom is 0.416 e. The van der Waals surface area contributed by atoms with Gasteiger partial charge in [-0.2, -0.15) is 9.59 Å². The number of hydrogen-bond acceptors (Lipinski definition) is 33. The molecule has 6 heterocycles. The zero-order valence-corrected chi connectivity index (χ0v) is 68.3. The number of rotatable bonds is 39. The molecule has 13 atom stereocenters. The number of amides is 4. The number of carbonyl (C=O) groups excluding carboxylic acids is 8. The number of aliphatic carboxylic acids is 1. The number of aryl methyl sites for hydroxylation is 1. The molecule has 5 unspecified atom stereocenters. The number of carboxylic acids is 1. The van der Waals surface area contributed by atoms with Crippen molar-refractivity contribution >= 4 is 66.7 Å². The van der Waals surface area contributed by atoms with E-state index in [0.29, 0.717) is 47.1 Å². The van der Waals surface area contributed by atoms with Crippen molar-refractivity contribution in [2.24, 2.45) is 5.90 Å². The first-order valence-corrected chi connectivity index (χ1v) is 40.9. The normalized spacial score (nSPS) is 22.9. The number of benzene rings is 5. The van der Waals surface area contributed by atoms with Crippen molar-refractivity contribution < 1.29 is 170 Å². The van der Waals surface area contributed by atoms with Gasteiger partial charge in [0.05, 0.1) is 92.5 Å². The Morgan fingerprint density at radius 3 is 1.60 bits per heavy atom. The first kappa shape index (κ1) is 94.8. The summed E-state index contributed by atoms with van der Waals surface area (Å²) in [6.07, 6.45) is -20.8. The van der Waals surface area contributed by atoms with Gasteiger partial charge in [0.2, 0.25) is 12.6 Å². The molecule has 0 saturated carbocycles. The van der Waals surface area contributed by atoms with Crippen LogP contribution in [-0.2, 0) is 83.4 Å². The topological polar surface area (TPSA) is 561 Å². The Labute approximate surface area is 704 Å². The number of nitrogens with two attached hydrogens (primary N) is 1. The fourth-order valence-corrected chi connectivity index (χ4v) is 15.2. The Morgan fingerprint density at radius 2 is 1.07 bits per heavy atom. The minimum Gasteiger partial charge on any atom is -0.494 e. The van der Waals surface area contributed by atoms with E-state index in [0.717, 1.165) is 9.80 Å². The van der Waals surface area contributed by atoms with Gasteiger partial charge in [0, 0.05) is 64.5 Å². The van der Waals surface area contributed by atoms with Gasteiger partial charge in [-0.15, -0.1) is 0 Å². The van der Waals surface area contributed by atoms with Crippen LogP contribution >= 0.6 is 7.60 Å². The summed E-state index contributed by atoms with van der Waals surface area (Å²) in [5, 5.41) is 97.4. The number of carboxylic acid groups (broad SMARTS) is 1. The van der Waals surface area contributed by atoms with Crippen molar-refractivity contribution in [1.29, 1.82) is 0 Å². The second-order valence-corrected chi connectivity index (χ2v) is 31.5. The second-order valence-electron chi connectivity index (χ2n) is 29.7. The van der Waals surface area contributed by atoms with Crippen LogP contribution in [0, 0.1) is 6.92 Å². The van der Waals surface area contributed by atoms with Crippen LogP contribution in [0.15, 0.2) is 103 Å². The van der Waals surface area contributed by atoms with Crippen LogP contribution in [0.4, 0.5) is 21.0 Å². The summed E-state index contributed by atoms with van der Waals surface area (Å²) in [6, 6.07) is 16.7. The molecule has 0 aromatic heterocycles. The summed E-state index contributed by atoms with van der Waals surface area (Å²) in [7, 11) is -1.48. The molecule has 40 nitrogen and oxygen atoms in total. The Bertz CT molecular complexity index is 4710. The molecule has 4 saturated heterocycles. The van der Waals surface area contributed by atoms with Gasteiger partial charge in [-0.05, 0) is 134 Å². The quantitative estimate of drug-likeness (QED) is 0.00882. The number of unbranched alkanes of at least 4 members (excludes halogenated alkanes) is 2. The zero-order valence-electron chi connectivity index (χ0n) is 67.4. The van der Waals surface area contributed by atoms with Crippen LogP contribution in [0.3, 0.4) is 0 Å². The number of aliphatic hydroxyl groups is 8. The van der Waals surface area contributed by atoms with Crippen molar-refractivity contribution in [3.63, 3.8) is 0 Å². The van der Waals surface area contributed by atoms with E-state index in [4.69, 9.17) is 77.1 Å². The fraction of sp³-hybridized carbons (Fsp3) is 0.488. The van der Waals surface area contributed by atoms with E-state index in [1.807, 2.05) is 0 Å². The smallest absolute Gasteiger partial charge is 0.416 e. The molecule has 0 spiro atoms. The van der Waals surface area contributed by atoms with E-state index in [-0.39, 0.29) is 209 Å². The van der Waals surface area contributed by atoms with Gasteiger partial charge in [0.15, 0.2) is 41.6 Å². The number of ether oxygens (including phenoxy) is 13. The SMILES string of the molecule is C=C1CC2C(O)N(C(=O)OCc3ccc(O[C@@H]4OC[C@@H](O)[C@H](O)[C@H]4O)c(C(=O)CCCOC)c3)c3cc(OCc4cc(COc5cc6c(cc5C)C(=O)N5CC(=C)C[C@H]5C(O)N6C(=O)OCc5ccc(OC6OC(C(=O)O)[C@@H](O)[C@H](O)[C@H]6O)c(C(=O)CCCOCCOCCON)c5)cc(OCCCCCP(=O)(O)O)c4)c(OC)cc3C(=O)N2C1.O=C=O. The molecule has 123 heavy (non-hydrogen) atoms. The molecule has 0 aliphatic carbocycles. The average molecular weight is 1750 g/mol. The number of nitrogens with zero attached hydrogens (tertiary/aromatic N) is 4. The summed E-state index contributed by atoms with van der Waals surface area (Å²) in [5.74, 6) is 1.22. The van der Waals surface area contributed by atoms with E-state index in [9.17, 15) is 93.9 Å². The summed E-state index contributed by atoms with van der Waals surface area (Å²) in [5.41, 5.74) is 2.26. The predicted octanol–water partition coefficient (Wildman–Crippen LogP) is 3.38. The minimum atomic E-state index is -4.28. The standard InChI is InChI=1S/C81H100N5O33P.CO2/c1-43-25-57-75(97)85(80(101)114-39-47-14-16-63(118-79-71(94)68(91)69(92)72(119-79)77(99)100)54(32-47)60(88)12-10-18-108-20-21-109-22-23-116-82)55-34-64(45(3)27-51(55)73(95)83(57)36-43)111-40-48-28-49(30-50(29-48)110-19-7-6-8-24-120(103,104)105)41-112-66-35-56-52(33-65(66)107-5)74(96)84-37-44(2)26-58(84)76(98)86(56)81(102)115-38-46-13-15-62(53(31-46)59(87)11-9-17-106-4)117-78-70(93)67(90)61(89)42-113-78;2-1-3/h13-16,27-35,57-58,61,67-72,75-76,78-79,89-94,97-98H,1-2,6-12,17-26,36-42,82H2,3-5H3,(H,99,100)(H2,103,104,105);/t57-,58?,61+,67-,68-,69-,70+,71+,72?,75?,76?,78-,79?;/m0./s1. The summed E-state index contributed by atoms with van der Waals surface area (Å²) in [4.78, 5) is 143. The summed E-state index contributed by atoms with van der Waals surface area (Å²) < 4.78 is 87.4. The van der Waals surface area contributed by atoms with Crippen LogP contribution in [-0.4, -0.2) is 279 Å². The van der Waals surface area contributed by atoms with Crippen LogP contribution in [0.2, 0.25) is 0 Å². The highest BCUT2D eigenvalue weighted by molar-refractivity contribution is 7.51. The molecule has 13 N–H and O–H groups in total. The van der Waals surface area contributed by atoms with Crippen LogP contribution in [0.25, 0.3) is 0 Å². The van der Waals surface area contributed by atoms with E-state index >= 15 is 0 Å². The average Bonchev–Trinajstić information content (AvgIpc) is 1.61. The van der Waals surface area contributed by atoms with Crippen molar-refractivity contribution in [3.8, 4) is 34.5 Å². The van der Waals surface area contributed by atoms with Crippen LogP contribution in [0.5, 0.6) is 34.5 Å². The zero-order chi connectivity index (χ0) is 89.1. The van der Waals surface area contributed by atoms with Crippen molar-refractivity contribution in [1.82, 2.24) is 9.80 Å². The predicted molar refractivity (Wildman–Crippen MR) is 422 cm³/mol.